The van der Waals surface area contributed by atoms with Crippen molar-refractivity contribution in [1.29, 1.82) is 0 Å². The van der Waals surface area contributed by atoms with E-state index < -0.39 is 27.9 Å². The highest BCUT2D eigenvalue weighted by Crippen LogP contribution is 2.12. The third-order valence-corrected chi connectivity index (χ3v) is 3.99. The number of hydrogen-bond donors (Lipinski definition) is 2. The van der Waals surface area contributed by atoms with Crippen LogP contribution in [-0.4, -0.2) is 32.9 Å². The molecule has 0 heterocycles. The zero-order chi connectivity index (χ0) is 15.3. The zero-order valence-corrected chi connectivity index (χ0v) is 11.9. The summed E-state index contributed by atoms with van der Waals surface area (Å²) in [5, 5.41) is 0. The van der Waals surface area contributed by atoms with Crippen molar-refractivity contribution in [3.63, 3.8) is 0 Å². The Morgan fingerprint density at radius 2 is 1.85 bits per heavy atom. The van der Waals surface area contributed by atoms with Gasteiger partial charge in [-0.25, -0.2) is 13.2 Å². The number of carbonyl (C=O) groups excluding carboxylic acids is 2. The first-order valence-corrected chi connectivity index (χ1v) is 7.35. The minimum absolute atomic E-state index is 0.0707. The molecule has 0 aliphatic heterocycles. The fourth-order valence-electron chi connectivity index (χ4n) is 1.34. The van der Waals surface area contributed by atoms with Gasteiger partial charge in [-0.15, -0.1) is 0 Å². The van der Waals surface area contributed by atoms with Crippen molar-refractivity contribution < 1.29 is 22.7 Å². The molecule has 0 aliphatic rings. The third-order valence-electron chi connectivity index (χ3n) is 2.43. The molecule has 7 nitrogen and oxygen atoms in total. The summed E-state index contributed by atoms with van der Waals surface area (Å²) >= 11 is 0. The topological polar surface area (TPSA) is 116 Å². The molecule has 3 N–H and O–H groups in total. The highest BCUT2D eigenvalue weighted by molar-refractivity contribution is 7.89. The van der Waals surface area contributed by atoms with Gasteiger partial charge in [0.15, 0.2) is 0 Å². The molecule has 1 rings (SSSR count). The van der Waals surface area contributed by atoms with Crippen LogP contribution in [0.5, 0.6) is 0 Å². The summed E-state index contributed by atoms with van der Waals surface area (Å²) in [7, 11) is -3.86. The Bertz CT molecular complexity index is 595. The first-order valence-electron chi connectivity index (χ1n) is 5.86. The van der Waals surface area contributed by atoms with Crippen LogP contribution < -0.4 is 10.5 Å². The predicted molar refractivity (Wildman–Crippen MR) is 71.4 cm³/mol. The van der Waals surface area contributed by atoms with Gasteiger partial charge in [-0.2, -0.15) is 4.72 Å². The van der Waals surface area contributed by atoms with Crippen molar-refractivity contribution in [3.05, 3.63) is 29.8 Å². The molecule has 1 amide bonds. The molecule has 0 aliphatic carbocycles. The number of hydrogen-bond acceptors (Lipinski definition) is 5. The first kappa shape index (κ1) is 16.1. The number of sulfonamides is 1. The van der Waals surface area contributed by atoms with E-state index in [9.17, 15) is 18.0 Å². The molecular weight excluding hydrogens is 284 g/mol. The van der Waals surface area contributed by atoms with Gasteiger partial charge in [0.2, 0.25) is 15.9 Å². The lowest BCUT2D eigenvalue weighted by Gasteiger charge is -2.11. The SMILES string of the molecule is CCOC(=O)c1ccc(S(=O)(=O)NC(C)C(N)=O)cc1. The average Bonchev–Trinajstić information content (AvgIpc) is 2.38. The van der Waals surface area contributed by atoms with E-state index in [1.807, 2.05) is 0 Å². The molecule has 20 heavy (non-hydrogen) atoms. The lowest BCUT2D eigenvalue weighted by atomic mass is 10.2. The molecule has 110 valence electrons. The number of ether oxygens (including phenoxy) is 1. The van der Waals surface area contributed by atoms with Crippen LogP contribution in [0.3, 0.4) is 0 Å². The Hall–Kier alpha value is -1.93. The summed E-state index contributed by atoms with van der Waals surface area (Å²) in [6, 6.07) is 4.15. The average molecular weight is 300 g/mol. The monoisotopic (exact) mass is 300 g/mol. The smallest absolute Gasteiger partial charge is 0.338 e. The Labute approximate surface area is 117 Å². The van der Waals surface area contributed by atoms with Crippen molar-refractivity contribution in [2.75, 3.05) is 6.61 Å². The summed E-state index contributed by atoms with van der Waals surface area (Å²) in [5.74, 6) is -1.31. The van der Waals surface area contributed by atoms with Gasteiger partial charge < -0.3 is 10.5 Å². The molecule has 0 aromatic heterocycles. The molecule has 0 spiro atoms. The lowest BCUT2D eigenvalue weighted by molar-refractivity contribution is -0.119. The molecule has 1 aromatic rings. The minimum Gasteiger partial charge on any atom is -0.462 e. The van der Waals surface area contributed by atoms with E-state index in [0.717, 1.165) is 0 Å². The number of nitrogens with two attached hydrogens (primary N) is 1. The van der Waals surface area contributed by atoms with Crippen LogP contribution in [0.15, 0.2) is 29.2 Å². The molecule has 0 fully saturated rings. The Kier molecular flexibility index (Phi) is 5.23. The molecule has 0 saturated heterocycles. The Balaban J connectivity index is 2.92. The number of carbonyl (C=O) groups is 2. The maximum absolute atomic E-state index is 11.9. The quantitative estimate of drug-likeness (QED) is 0.718. The molecule has 8 heteroatoms. The number of primary amides is 1. The van der Waals surface area contributed by atoms with E-state index in [4.69, 9.17) is 10.5 Å². The molecule has 1 atom stereocenters. The third kappa shape index (κ3) is 4.04. The molecule has 0 radical (unpaired) electrons. The molecule has 0 saturated carbocycles. The first-order chi connectivity index (χ1) is 9.27. The van der Waals surface area contributed by atoms with Crippen molar-refractivity contribution in [3.8, 4) is 0 Å². The van der Waals surface area contributed by atoms with Crippen molar-refractivity contribution in [2.45, 2.75) is 24.8 Å². The van der Waals surface area contributed by atoms with Crippen LogP contribution in [0.4, 0.5) is 0 Å². The minimum atomic E-state index is -3.86. The number of esters is 1. The van der Waals surface area contributed by atoms with Crippen LogP contribution in [0.1, 0.15) is 24.2 Å². The number of amides is 1. The second kappa shape index (κ2) is 6.49. The fraction of sp³-hybridized carbons (Fsp3) is 0.333. The van der Waals surface area contributed by atoms with Gasteiger partial charge in [-0.05, 0) is 38.1 Å². The number of rotatable bonds is 6. The van der Waals surface area contributed by atoms with Crippen molar-refractivity contribution >= 4 is 21.9 Å². The Morgan fingerprint density at radius 3 is 2.30 bits per heavy atom. The van der Waals surface area contributed by atoms with Crippen LogP contribution in [0.2, 0.25) is 0 Å². The zero-order valence-electron chi connectivity index (χ0n) is 11.1. The second-order valence-electron chi connectivity index (χ2n) is 3.99. The lowest BCUT2D eigenvalue weighted by Crippen LogP contribution is -2.42. The Morgan fingerprint density at radius 1 is 1.30 bits per heavy atom. The molecule has 1 aromatic carbocycles. The van der Waals surface area contributed by atoms with E-state index in [1.165, 1.54) is 31.2 Å². The normalized spacial score (nSPS) is 12.7. The van der Waals surface area contributed by atoms with E-state index in [-0.39, 0.29) is 17.1 Å². The second-order valence-corrected chi connectivity index (χ2v) is 5.70. The largest absolute Gasteiger partial charge is 0.462 e. The number of benzene rings is 1. The van der Waals surface area contributed by atoms with E-state index in [0.29, 0.717) is 0 Å². The van der Waals surface area contributed by atoms with Gasteiger partial charge in [0.05, 0.1) is 23.1 Å². The summed E-state index contributed by atoms with van der Waals surface area (Å²) in [6.45, 7) is 3.25. The molecule has 0 bridgehead atoms. The van der Waals surface area contributed by atoms with Gasteiger partial charge in [0.25, 0.3) is 0 Å². The van der Waals surface area contributed by atoms with Gasteiger partial charge in [-0.3, -0.25) is 4.79 Å². The van der Waals surface area contributed by atoms with Crippen LogP contribution >= 0.6 is 0 Å². The van der Waals surface area contributed by atoms with Crippen LogP contribution in [0.25, 0.3) is 0 Å². The van der Waals surface area contributed by atoms with E-state index in [2.05, 4.69) is 4.72 Å². The van der Waals surface area contributed by atoms with Crippen LogP contribution in [0, 0.1) is 0 Å². The maximum atomic E-state index is 11.9. The highest BCUT2D eigenvalue weighted by Gasteiger charge is 2.20. The summed E-state index contributed by atoms with van der Waals surface area (Å²) in [4.78, 5) is 22.2. The summed E-state index contributed by atoms with van der Waals surface area (Å²) in [5.41, 5.74) is 5.24. The van der Waals surface area contributed by atoms with E-state index >= 15 is 0 Å². The van der Waals surface area contributed by atoms with Gasteiger partial charge in [-0.1, -0.05) is 0 Å². The highest BCUT2D eigenvalue weighted by atomic mass is 32.2. The summed E-state index contributed by atoms with van der Waals surface area (Å²) in [6.07, 6.45) is 0. The number of nitrogens with one attached hydrogen (secondary N) is 1. The van der Waals surface area contributed by atoms with Gasteiger partial charge >= 0.3 is 5.97 Å². The van der Waals surface area contributed by atoms with Gasteiger partial charge in [0.1, 0.15) is 0 Å². The van der Waals surface area contributed by atoms with Crippen LogP contribution in [-0.2, 0) is 19.6 Å². The van der Waals surface area contributed by atoms with Gasteiger partial charge in [0, 0.05) is 0 Å². The molecular formula is C12H16N2O5S. The van der Waals surface area contributed by atoms with Crippen molar-refractivity contribution in [2.24, 2.45) is 5.73 Å². The van der Waals surface area contributed by atoms with Crippen molar-refractivity contribution in [1.82, 2.24) is 4.72 Å². The predicted octanol–water partition coefficient (Wildman–Crippen LogP) is 0.0154. The standard InChI is InChI=1S/C12H16N2O5S/c1-3-19-12(16)9-4-6-10(7-5-9)20(17,18)14-8(2)11(13)15/h4-8,14H,3H2,1-2H3,(H2,13,15). The fourth-order valence-corrected chi connectivity index (χ4v) is 2.56. The maximum Gasteiger partial charge on any atom is 0.338 e. The molecule has 1 unspecified atom stereocenters. The van der Waals surface area contributed by atoms with E-state index in [1.54, 1.807) is 6.92 Å². The summed E-state index contributed by atoms with van der Waals surface area (Å²) < 4.78 is 30.7.